The molecule has 0 N–H and O–H groups in total. The summed E-state index contributed by atoms with van der Waals surface area (Å²) in [6.07, 6.45) is 0. The Morgan fingerprint density at radius 2 is 0.519 bits per heavy atom. The van der Waals surface area contributed by atoms with Gasteiger partial charge >= 0.3 is 37.7 Å². The van der Waals surface area contributed by atoms with E-state index >= 15 is 0 Å². The van der Waals surface area contributed by atoms with E-state index in [1.165, 1.54) is 0 Å². The second-order valence-electron chi connectivity index (χ2n) is 4.52. The fourth-order valence-electron chi connectivity index (χ4n) is 1.17. The summed E-state index contributed by atoms with van der Waals surface area (Å²) in [4.78, 5) is 62.6. The third-order valence-corrected chi connectivity index (χ3v) is 1.93. The van der Waals surface area contributed by atoms with Crippen molar-refractivity contribution in [3.8, 4) is 0 Å². The van der Waals surface area contributed by atoms with E-state index in [4.69, 9.17) is 0 Å². The van der Waals surface area contributed by atoms with Gasteiger partial charge in [-0.05, 0) is 0 Å². The van der Waals surface area contributed by atoms with Gasteiger partial charge in [-0.2, -0.15) is 0 Å². The van der Waals surface area contributed by atoms with E-state index in [1.54, 1.807) is 0 Å². The van der Waals surface area contributed by atoms with Crippen LogP contribution in [0.15, 0.2) is 0 Å². The average Bonchev–Trinajstić information content (AvgIpc) is 2.33. The van der Waals surface area contributed by atoms with Crippen molar-refractivity contribution < 1.29 is 56.7 Å². The zero-order chi connectivity index (χ0) is 20.9. The number of hydrogen-bond donors (Lipinski definition) is 0. The molecule has 0 aliphatic heterocycles. The predicted molar refractivity (Wildman–Crippen MR) is 90.6 cm³/mol. The number of rotatable bonds is 6. The van der Waals surface area contributed by atoms with Crippen LogP contribution >= 0.6 is 0 Å². The molecule has 0 unspecified atom stereocenters. The van der Waals surface area contributed by atoms with E-state index < -0.39 is 50.5 Å². The van der Waals surface area contributed by atoms with Gasteiger partial charge in [0.1, 0.15) is 0 Å². The van der Waals surface area contributed by atoms with Crippen molar-refractivity contribution in [1.29, 1.82) is 0 Å². The zero-order valence-corrected chi connectivity index (χ0v) is 17.4. The van der Waals surface area contributed by atoms with Crippen LogP contribution in [-0.4, -0.2) is 73.5 Å². The summed E-state index contributed by atoms with van der Waals surface area (Å²) in [7, 11) is -4.82. The Hall–Kier alpha value is -2.28. The monoisotopic (exact) mass is 402 g/mol. The van der Waals surface area contributed by atoms with Gasteiger partial charge in [-0.3, -0.25) is 28.8 Å². The first-order valence-corrected chi connectivity index (χ1v) is 7.18. The van der Waals surface area contributed by atoms with Crippen LogP contribution in [0.25, 0.3) is 0 Å². The summed E-state index contributed by atoms with van der Waals surface area (Å²) in [6, 6.07) is 0. The van der Waals surface area contributed by atoms with Crippen LogP contribution in [0.5, 0.6) is 0 Å². The summed E-state index contributed by atoms with van der Waals surface area (Å²) in [6.45, 7) is 6.71. The van der Waals surface area contributed by atoms with Gasteiger partial charge in [0.2, 0.25) is 0 Å². The molecule has 0 heterocycles. The fraction of sp³-hybridized carbons (Fsp3) is 0.500. The van der Waals surface area contributed by atoms with E-state index in [0.717, 1.165) is 41.5 Å². The average molecular weight is 402 g/mol. The van der Waals surface area contributed by atoms with Crippen LogP contribution < -0.4 is 0 Å². The van der Waals surface area contributed by atoms with Crippen LogP contribution in [-0.2, 0) is 56.7 Å². The molecular weight excluding hydrogens is 382 g/mol. The minimum atomic E-state index is -2.41. The number of carbonyl (C=O) groups is 6. The quantitative estimate of drug-likeness (QED) is 0.470. The Morgan fingerprint density at radius 3 is 0.593 bits per heavy atom. The molecule has 0 bridgehead atoms. The van der Waals surface area contributed by atoms with Gasteiger partial charge in [-0.25, -0.2) is 0 Å². The summed E-state index contributed by atoms with van der Waals surface area (Å²) in [5.74, 6) is -4.07. The number of hydrogen-bond acceptors (Lipinski definition) is 12. The van der Waals surface area contributed by atoms with Crippen LogP contribution in [0.1, 0.15) is 41.5 Å². The van der Waals surface area contributed by atoms with Crippen molar-refractivity contribution >= 4 is 73.5 Å². The van der Waals surface area contributed by atoms with Gasteiger partial charge in [0.25, 0.3) is 35.8 Å². The zero-order valence-electron chi connectivity index (χ0n) is 16.0. The molecule has 0 rings (SSSR count). The molecule has 0 aliphatic carbocycles. The summed E-state index contributed by atoms with van der Waals surface area (Å²) in [5, 5.41) is 0. The van der Waals surface area contributed by atoms with Gasteiger partial charge in [0, 0.05) is 41.5 Å². The largest absolute Gasteiger partial charge is 2.00 e. The van der Waals surface area contributed by atoms with Crippen LogP contribution in [0, 0.1) is 0 Å². The first-order valence-electron chi connectivity index (χ1n) is 7.18. The van der Waals surface area contributed by atoms with E-state index in [1.807, 2.05) is 0 Å². The predicted octanol–water partition coefficient (Wildman–Crippen LogP) is -1.59. The van der Waals surface area contributed by atoms with Crippen LogP contribution in [0.2, 0.25) is 0 Å². The minimum absolute atomic E-state index is 0. The smallest absolute Gasteiger partial charge is 0.625 e. The standard InChI is InChI=1S/2C6H10BO6.Mg/c2*1-4(8)11-7(12-5(2)9)13-6(3)10;/h2*7H,1-3H3;/q2*-1;+2. The summed E-state index contributed by atoms with van der Waals surface area (Å²) >= 11 is 0. The third-order valence-electron chi connectivity index (χ3n) is 1.93. The minimum Gasteiger partial charge on any atom is -0.625 e. The Labute approximate surface area is 172 Å². The van der Waals surface area contributed by atoms with Crippen molar-refractivity contribution in [3.63, 3.8) is 0 Å². The fourth-order valence-corrected chi connectivity index (χ4v) is 1.17. The van der Waals surface area contributed by atoms with Gasteiger partial charge in [-0.15, -0.1) is 0 Å². The van der Waals surface area contributed by atoms with Gasteiger partial charge in [-0.1, -0.05) is 0 Å². The van der Waals surface area contributed by atoms with E-state index in [2.05, 4.69) is 27.9 Å². The Balaban J connectivity index is -0.000000411. The van der Waals surface area contributed by atoms with Crippen LogP contribution in [0.4, 0.5) is 0 Å². The molecule has 148 valence electrons. The molecule has 0 saturated heterocycles. The van der Waals surface area contributed by atoms with E-state index in [0.29, 0.717) is 0 Å². The SMILES string of the molecule is CC(=O)O[BH-](OC(C)=O)OC(C)=O.CC(=O)O[BH-](OC(C)=O)OC(C)=O.[Mg+2]. The summed E-state index contributed by atoms with van der Waals surface area (Å²) < 4.78 is 26.6. The van der Waals surface area contributed by atoms with Gasteiger partial charge < -0.3 is 27.9 Å². The Morgan fingerprint density at radius 1 is 0.407 bits per heavy atom. The molecule has 0 aromatic rings. The Bertz CT molecular complexity index is 428. The molecule has 0 atom stereocenters. The maximum Gasteiger partial charge on any atom is 2.00 e. The first-order chi connectivity index (χ1) is 11.8. The van der Waals surface area contributed by atoms with Crippen molar-refractivity contribution in [2.45, 2.75) is 41.5 Å². The number of carbonyl (C=O) groups excluding carboxylic acids is 6. The van der Waals surface area contributed by atoms with Crippen molar-refractivity contribution in [2.75, 3.05) is 0 Å². The maximum absolute atomic E-state index is 10.4. The van der Waals surface area contributed by atoms with E-state index in [-0.39, 0.29) is 23.1 Å². The normalized spacial score (nSPS) is 8.89. The third kappa shape index (κ3) is 23.7. The van der Waals surface area contributed by atoms with E-state index in [9.17, 15) is 28.8 Å². The second-order valence-corrected chi connectivity index (χ2v) is 4.52. The first kappa shape index (κ1) is 29.5. The molecule has 27 heavy (non-hydrogen) atoms. The molecule has 0 saturated carbocycles. The molecule has 0 aromatic heterocycles. The van der Waals surface area contributed by atoms with Crippen molar-refractivity contribution in [3.05, 3.63) is 0 Å². The second kappa shape index (κ2) is 15.9. The molecule has 15 heteroatoms. The van der Waals surface area contributed by atoms with Crippen molar-refractivity contribution in [2.24, 2.45) is 0 Å². The molecule has 0 aromatic carbocycles. The topological polar surface area (TPSA) is 158 Å². The molecule has 0 aliphatic rings. The summed E-state index contributed by atoms with van der Waals surface area (Å²) in [5.41, 5.74) is 0. The molecule has 0 fully saturated rings. The van der Waals surface area contributed by atoms with Gasteiger partial charge in [0.15, 0.2) is 0 Å². The Kier molecular flexibility index (Phi) is 17.4. The maximum atomic E-state index is 10.4. The van der Waals surface area contributed by atoms with Gasteiger partial charge in [0.05, 0.1) is 0 Å². The molecular formula is C12H20B2MgO12. The molecule has 12 nitrogen and oxygen atoms in total. The van der Waals surface area contributed by atoms with Crippen molar-refractivity contribution in [1.82, 2.24) is 0 Å². The molecule has 0 radical (unpaired) electrons. The van der Waals surface area contributed by atoms with Crippen LogP contribution in [0.3, 0.4) is 0 Å². The molecule has 0 spiro atoms. The molecule has 0 amide bonds.